The SMILES string of the molecule is CCOc1c(C(=O)Cl)cccc1C(C)(C)C. The molecule has 0 bridgehead atoms. The zero-order valence-electron chi connectivity index (χ0n) is 10.1. The fourth-order valence-corrected chi connectivity index (χ4v) is 1.73. The van der Waals surface area contributed by atoms with Crippen molar-refractivity contribution in [1.29, 1.82) is 0 Å². The molecule has 2 nitrogen and oxygen atoms in total. The summed E-state index contributed by atoms with van der Waals surface area (Å²) in [6.07, 6.45) is 0. The molecular formula is C13H17ClO2. The molecule has 0 unspecified atom stereocenters. The van der Waals surface area contributed by atoms with E-state index in [2.05, 4.69) is 20.8 Å². The Hall–Kier alpha value is -1.02. The second kappa shape index (κ2) is 4.88. The first-order chi connectivity index (χ1) is 7.38. The summed E-state index contributed by atoms with van der Waals surface area (Å²) < 4.78 is 5.55. The van der Waals surface area contributed by atoms with Crippen LogP contribution >= 0.6 is 11.6 Å². The molecule has 3 heteroatoms. The number of hydrogen-bond acceptors (Lipinski definition) is 2. The lowest BCUT2D eigenvalue weighted by molar-refractivity contribution is 0.107. The molecular weight excluding hydrogens is 224 g/mol. The summed E-state index contributed by atoms with van der Waals surface area (Å²) in [4.78, 5) is 11.3. The molecule has 0 amide bonds. The minimum atomic E-state index is -0.477. The van der Waals surface area contributed by atoms with E-state index in [4.69, 9.17) is 16.3 Å². The van der Waals surface area contributed by atoms with E-state index < -0.39 is 5.24 Å². The van der Waals surface area contributed by atoms with Gasteiger partial charge in [-0.05, 0) is 30.0 Å². The van der Waals surface area contributed by atoms with Gasteiger partial charge in [0, 0.05) is 5.56 Å². The molecule has 1 aromatic carbocycles. The van der Waals surface area contributed by atoms with Crippen molar-refractivity contribution in [3.63, 3.8) is 0 Å². The van der Waals surface area contributed by atoms with Crippen LogP contribution in [0.5, 0.6) is 5.75 Å². The van der Waals surface area contributed by atoms with E-state index in [0.717, 1.165) is 5.56 Å². The molecule has 0 fully saturated rings. The lowest BCUT2D eigenvalue weighted by Gasteiger charge is -2.23. The largest absolute Gasteiger partial charge is 0.493 e. The normalized spacial score (nSPS) is 11.3. The average molecular weight is 241 g/mol. The van der Waals surface area contributed by atoms with Gasteiger partial charge in [-0.3, -0.25) is 4.79 Å². The van der Waals surface area contributed by atoms with E-state index in [9.17, 15) is 4.79 Å². The van der Waals surface area contributed by atoms with Crippen LogP contribution in [0.2, 0.25) is 0 Å². The molecule has 0 heterocycles. The molecule has 0 aromatic heterocycles. The summed E-state index contributed by atoms with van der Waals surface area (Å²) in [5.74, 6) is 0.609. The predicted octanol–water partition coefficient (Wildman–Crippen LogP) is 3.76. The van der Waals surface area contributed by atoms with Crippen LogP contribution < -0.4 is 4.74 Å². The Morgan fingerprint density at radius 2 is 2.00 bits per heavy atom. The zero-order valence-corrected chi connectivity index (χ0v) is 10.9. The van der Waals surface area contributed by atoms with Crippen molar-refractivity contribution in [2.24, 2.45) is 0 Å². The molecule has 0 aliphatic carbocycles. The van der Waals surface area contributed by atoms with Crippen molar-refractivity contribution in [2.45, 2.75) is 33.1 Å². The second-order valence-corrected chi connectivity index (χ2v) is 4.98. The van der Waals surface area contributed by atoms with Gasteiger partial charge in [0.1, 0.15) is 5.75 Å². The van der Waals surface area contributed by atoms with Gasteiger partial charge in [0.25, 0.3) is 5.24 Å². The molecule has 1 rings (SSSR count). The van der Waals surface area contributed by atoms with Crippen LogP contribution in [0.4, 0.5) is 0 Å². The molecule has 0 spiro atoms. The Bertz CT molecular complexity index is 391. The lowest BCUT2D eigenvalue weighted by Crippen LogP contribution is -2.15. The Kier molecular flexibility index (Phi) is 3.98. The molecule has 0 atom stereocenters. The van der Waals surface area contributed by atoms with E-state index in [1.165, 1.54) is 0 Å². The Labute approximate surface area is 102 Å². The minimum absolute atomic E-state index is 0.0765. The summed E-state index contributed by atoms with van der Waals surface area (Å²) in [7, 11) is 0. The quantitative estimate of drug-likeness (QED) is 0.752. The predicted molar refractivity (Wildman–Crippen MR) is 66.5 cm³/mol. The van der Waals surface area contributed by atoms with Gasteiger partial charge in [-0.25, -0.2) is 0 Å². The number of halogens is 1. The third-order valence-electron chi connectivity index (χ3n) is 2.32. The molecule has 0 aliphatic heterocycles. The number of hydrogen-bond donors (Lipinski definition) is 0. The van der Waals surface area contributed by atoms with Gasteiger partial charge in [-0.2, -0.15) is 0 Å². The zero-order chi connectivity index (χ0) is 12.3. The molecule has 0 N–H and O–H groups in total. The maximum Gasteiger partial charge on any atom is 0.256 e. The molecule has 1 aromatic rings. The summed E-state index contributed by atoms with van der Waals surface area (Å²) in [5, 5.41) is -0.477. The van der Waals surface area contributed by atoms with E-state index >= 15 is 0 Å². The summed E-state index contributed by atoms with van der Waals surface area (Å²) in [6.45, 7) is 8.64. The highest BCUT2D eigenvalue weighted by molar-refractivity contribution is 6.68. The fraction of sp³-hybridized carbons (Fsp3) is 0.462. The van der Waals surface area contributed by atoms with Crippen molar-refractivity contribution in [3.8, 4) is 5.75 Å². The maximum absolute atomic E-state index is 11.3. The number of carbonyl (C=O) groups is 1. The number of para-hydroxylation sites is 1. The standard InChI is InChI=1S/C13H17ClO2/c1-5-16-11-9(12(14)15)7-6-8-10(11)13(2,3)4/h6-8H,5H2,1-4H3. The van der Waals surface area contributed by atoms with Crippen LogP contribution in [0.1, 0.15) is 43.6 Å². The van der Waals surface area contributed by atoms with E-state index in [-0.39, 0.29) is 5.41 Å². The Morgan fingerprint density at radius 1 is 1.38 bits per heavy atom. The van der Waals surface area contributed by atoms with Crippen LogP contribution in [0.25, 0.3) is 0 Å². The van der Waals surface area contributed by atoms with Crippen molar-refractivity contribution in [3.05, 3.63) is 29.3 Å². The highest BCUT2D eigenvalue weighted by Crippen LogP contribution is 2.34. The average Bonchev–Trinajstić information content (AvgIpc) is 2.16. The van der Waals surface area contributed by atoms with Gasteiger partial charge in [-0.15, -0.1) is 0 Å². The molecule has 0 aliphatic rings. The highest BCUT2D eigenvalue weighted by Gasteiger charge is 2.22. The topological polar surface area (TPSA) is 26.3 Å². The van der Waals surface area contributed by atoms with Gasteiger partial charge in [0.15, 0.2) is 0 Å². The van der Waals surface area contributed by atoms with Crippen LogP contribution in [-0.2, 0) is 5.41 Å². The van der Waals surface area contributed by atoms with Crippen molar-refractivity contribution in [1.82, 2.24) is 0 Å². The van der Waals surface area contributed by atoms with Crippen LogP contribution in [0.15, 0.2) is 18.2 Å². The second-order valence-electron chi connectivity index (χ2n) is 4.64. The number of carbonyl (C=O) groups excluding carboxylic acids is 1. The first-order valence-corrected chi connectivity index (χ1v) is 5.71. The van der Waals surface area contributed by atoms with Gasteiger partial charge < -0.3 is 4.74 Å². The molecule has 0 saturated carbocycles. The maximum atomic E-state index is 11.3. The molecule has 88 valence electrons. The van der Waals surface area contributed by atoms with E-state index in [1.807, 2.05) is 19.1 Å². The third-order valence-corrected chi connectivity index (χ3v) is 2.53. The molecule has 0 radical (unpaired) electrons. The van der Waals surface area contributed by atoms with Gasteiger partial charge in [0.05, 0.1) is 12.2 Å². The Morgan fingerprint density at radius 3 is 2.44 bits per heavy atom. The van der Waals surface area contributed by atoms with E-state index in [1.54, 1.807) is 6.07 Å². The van der Waals surface area contributed by atoms with Crippen molar-refractivity contribution < 1.29 is 9.53 Å². The van der Waals surface area contributed by atoms with Crippen molar-refractivity contribution >= 4 is 16.8 Å². The summed E-state index contributed by atoms with van der Waals surface area (Å²) in [5.41, 5.74) is 1.36. The van der Waals surface area contributed by atoms with Gasteiger partial charge in [-0.1, -0.05) is 32.9 Å². The lowest BCUT2D eigenvalue weighted by atomic mass is 9.85. The summed E-state index contributed by atoms with van der Waals surface area (Å²) in [6, 6.07) is 5.49. The molecule has 0 saturated heterocycles. The third kappa shape index (κ3) is 2.76. The number of benzene rings is 1. The van der Waals surface area contributed by atoms with E-state index in [0.29, 0.717) is 17.9 Å². The number of ether oxygens (including phenoxy) is 1. The first kappa shape index (κ1) is 13.0. The van der Waals surface area contributed by atoms with Gasteiger partial charge in [0.2, 0.25) is 0 Å². The first-order valence-electron chi connectivity index (χ1n) is 5.34. The van der Waals surface area contributed by atoms with Crippen LogP contribution in [0, 0.1) is 0 Å². The molecule has 16 heavy (non-hydrogen) atoms. The van der Waals surface area contributed by atoms with Crippen LogP contribution in [-0.4, -0.2) is 11.8 Å². The summed E-state index contributed by atoms with van der Waals surface area (Å²) >= 11 is 5.55. The monoisotopic (exact) mass is 240 g/mol. The Balaban J connectivity index is 3.38. The highest BCUT2D eigenvalue weighted by atomic mass is 35.5. The minimum Gasteiger partial charge on any atom is -0.493 e. The van der Waals surface area contributed by atoms with Gasteiger partial charge >= 0.3 is 0 Å². The number of rotatable bonds is 3. The smallest absolute Gasteiger partial charge is 0.256 e. The fourth-order valence-electron chi connectivity index (χ4n) is 1.58. The van der Waals surface area contributed by atoms with Crippen LogP contribution in [0.3, 0.4) is 0 Å². The van der Waals surface area contributed by atoms with Crippen molar-refractivity contribution in [2.75, 3.05) is 6.61 Å².